The Labute approximate surface area is 157 Å². The molecule has 2 aliphatic rings. The summed E-state index contributed by atoms with van der Waals surface area (Å²) in [5.41, 5.74) is 1.61. The number of benzene rings is 1. The maximum atomic E-state index is 12.2. The molecule has 0 spiro atoms. The summed E-state index contributed by atoms with van der Waals surface area (Å²) in [6.07, 6.45) is 1.95. The van der Waals surface area contributed by atoms with Gasteiger partial charge in [0.2, 0.25) is 5.91 Å². The summed E-state index contributed by atoms with van der Waals surface area (Å²) in [5.74, 6) is -0.129. The number of unbranched alkanes of at least 4 members (excludes halogenated alkanes) is 1. The zero-order valence-corrected chi connectivity index (χ0v) is 16.0. The number of sulfone groups is 1. The first-order valence-electron chi connectivity index (χ1n) is 8.61. The van der Waals surface area contributed by atoms with E-state index >= 15 is 0 Å². The molecule has 0 unspecified atom stereocenters. The number of carbonyl (C=O) groups is 2. The molecule has 9 heteroatoms. The molecular formula is C17H22ClN3O4S. The Bertz CT molecular complexity index is 827. The molecule has 3 amide bonds. The molecule has 2 fully saturated rings. The number of rotatable bonds is 6. The van der Waals surface area contributed by atoms with Gasteiger partial charge in [0, 0.05) is 17.1 Å². The molecule has 1 aromatic carbocycles. The quantitative estimate of drug-likeness (QED) is 0.502. The van der Waals surface area contributed by atoms with Crippen LogP contribution in [0.2, 0.25) is 5.02 Å². The Morgan fingerprint density at radius 1 is 1.31 bits per heavy atom. The molecule has 7 nitrogen and oxygen atoms in total. The molecule has 2 aliphatic heterocycles. The molecule has 1 aromatic rings. The highest BCUT2D eigenvalue weighted by Crippen LogP contribution is 2.28. The fourth-order valence-electron chi connectivity index (χ4n) is 3.62. The van der Waals surface area contributed by atoms with Gasteiger partial charge < -0.3 is 16.0 Å². The molecule has 2 saturated heterocycles. The number of halogens is 1. The number of carbonyl (C=O) groups excluding carboxylic acids is 2. The van der Waals surface area contributed by atoms with Crippen molar-refractivity contribution in [2.45, 2.75) is 49.9 Å². The van der Waals surface area contributed by atoms with Crippen LogP contribution < -0.4 is 16.0 Å². The lowest BCUT2D eigenvalue weighted by atomic mass is 10.0. The van der Waals surface area contributed by atoms with E-state index in [1.165, 1.54) is 0 Å². The SMILES string of the molecule is Cc1cc(Cl)ccc1NC(=O)CCCC[C@@H]1[C@H]2NC(=O)N[C@H]2CS1(=O)=O. The van der Waals surface area contributed by atoms with Gasteiger partial charge in [-0.05, 0) is 43.5 Å². The molecule has 0 aromatic heterocycles. The monoisotopic (exact) mass is 399 g/mol. The summed E-state index contributed by atoms with van der Waals surface area (Å²) in [5, 5.41) is 8.22. The minimum Gasteiger partial charge on any atom is -0.332 e. The Kier molecular flexibility index (Phi) is 5.43. The first-order chi connectivity index (χ1) is 12.3. The second kappa shape index (κ2) is 7.44. The number of anilines is 1. The van der Waals surface area contributed by atoms with Crippen LogP contribution in [0.4, 0.5) is 10.5 Å². The molecule has 0 aliphatic carbocycles. The molecule has 3 rings (SSSR count). The molecular weight excluding hydrogens is 378 g/mol. The molecule has 3 atom stereocenters. The van der Waals surface area contributed by atoms with Crippen LogP contribution in [0.15, 0.2) is 18.2 Å². The Morgan fingerprint density at radius 2 is 2.08 bits per heavy atom. The van der Waals surface area contributed by atoms with Crippen molar-refractivity contribution in [3.05, 3.63) is 28.8 Å². The van der Waals surface area contributed by atoms with Crippen molar-refractivity contribution in [2.24, 2.45) is 0 Å². The van der Waals surface area contributed by atoms with Gasteiger partial charge in [-0.15, -0.1) is 0 Å². The van der Waals surface area contributed by atoms with Crippen LogP contribution in [0.5, 0.6) is 0 Å². The summed E-state index contributed by atoms with van der Waals surface area (Å²) in [6, 6.07) is 4.25. The number of urea groups is 1. The van der Waals surface area contributed by atoms with Crippen molar-refractivity contribution < 1.29 is 18.0 Å². The first-order valence-corrected chi connectivity index (χ1v) is 10.7. The molecule has 3 N–H and O–H groups in total. The molecule has 0 radical (unpaired) electrons. The van der Waals surface area contributed by atoms with E-state index in [4.69, 9.17) is 11.6 Å². The van der Waals surface area contributed by atoms with Crippen LogP contribution in [0.1, 0.15) is 31.2 Å². The number of hydrogen-bond donors (Lipinski definition) is 3. The zero-order valence-electron chi connectivity index (χ0n) is 14.4. The first kappa shape index (κ1) is 19.0. The van der Waals surface area contributed by atoms with E-state index in [0.717, 1.165) is 11.3 Å². The summed E-state index contributed by atoms with van der Waals surface area (Å²) in [7, 11) is -3.22. The second-order valence-corrected chi connectivity index (χ2v) is 9.57. The highest BCUT2D eigenvalue weighted by molar-refractivity contribution is 7.92. The highest BCUT2D eigenvalue weighted by atomic mass is 35.5. The van der Waals surface area contributed by atoms with Gasteiger partial charge in [0.05, 0.1) is 23.1 Å². The molecule has 2 heterocycles. The zero-order chi connectivity index (χ0) is 18.9. The number of amides is 3. The van der Waals surface area contributed by atoms with Crippen molar-refractivity contribution >= 4 is 39.1 Å². The summed E-state index contributed by atoms with van der Waals surface area (Å²) < 4.78 is 24.5. The third kappa shape index (κ3) is 4.12. The van der Waals surface area contributed by atoms with Crippen LogP contribution in [0, 0.1) is 6.92 Å². The van der Waals surface area contributed by atoms with Crippen molar-refractivity contribution in [3.8, 4) is 0 Å². The largest absolute Gasteiger partial charge is 0.332 e. The summed E-state index contributed by atoms with van der Waals surface area (Å²) >= 11 is 5.90. The van der Waals surface area contributed by atoms with Crippen LogP contribution in [-0.4, -0.2) is 43.4 Å². The number of hydrogen-bond acceptors (Lipinski definition) is 4. The van der Waals surface area contributed by atoms with Crippen molar-refractivity contribution in [1.82, 2.24) is 10.6 Å². The van der Waals surface area contributed by atoms with E-state index in [1.54, 1.807) is 18.2 Å². The van der Waals surface area contributed by atoms with Crippen LogP contribution in [0.25, 0.3) is 0 Å². The van der Waals surface area contributed by atoms with Crippen LogP contribution in [-0.2, 0) is 14.6 Å². The van der Waals surface area contributed by atoms with Gasteiger partial charge in [0.1, 0.15) is 0 Å². The maximum Gasteiger partial charge on any atom is 0.315 e. The number of fused-ring (bicyclic) bond motifs is 1. The Hall–Kier alpha value is -1.80. The average molecular weight is 400 g/mol. The van der Waals surface area contributed by atoms with Gasteiger partial charge in [-0.2, -0.15) is 0 Å². The lowest BCUT2D eigenvalue weighted by Crippen LogP contribution is -2.39. The minimum atomic E-state index is -3.22. The predicted molar refractivity (Wildman–Crippen MR) is 100 cm³/mol. The van der Waals surface area contributed by atoms with Gasteiger partial charge in [-0.1, -0.05) is 18.0 Å². The fourth-order valence-corrected chi connectivity index (χ4v) is 6.11. The third-order valence-corrected chi connectivity index (χ3v) is 7.44. The van der Waals surface area contributed by atoms with Crippen molar-refractivity contribution in [3.63, 3.8) is 0 Å². The minimum absolute atomic E-state index is 0.0165. The van der Waals surface area contributed by atoms with Crippen molar-refractivity contribution in [1.29, 1.82) is 0 Å². The predicted octanol–water partition coefficient (Wildman–Crippen LogP) is 1.99. The van der Waals surface area contributed by atoms with E-state index in [0.29, 0.717) is 30.7 Å². The van der Waals surface area contributed by atoms with Crippen LogP contribution in [0.3, 0.4) is 0 Å². The molecule has 142 valence electrons. The van der Waals surface area contributed by atoms with E-state index in [-0.39, 0.29) is 29.8 Å². The maximum absolute atomic E-state index is 12.2. The highest BCUT2D eigenvalue weighted by Gasteiger charge is 2.51. The van der Waals surface area contributed by atoms with Crippen molar-refractivity contribution in [2.75, 3.05) is 11.1 Å². The topological polar surface area (TPSA) is 104 Å². The van der Waals surface area contributed by atoms with E-state index in [1.807, 2.05) is 6.92 Å². The standard InChI is InChI=1S/C17H22ClN3O4S/c1-10-8-11(18)6-7-12(10)19-15(22)5-3-2-4-14-16-13(9-26(14,24)25)20-17(23)21-16/h6-8,13-14,16H,2-5,9H2,1H3,(H,19,22)(H2,20,21,23)/t13-,14+,16-/m0/s1. The van der Waals surface area contributed by atoms with E-state index < -0.39 is 15.1 Å². The Morgan fingerprint density at radius 3 is 2.81 bits per heavy atom. The van der Waals surface area contributed by atoms with Crippen LogP contribution >= 0.6 is 11.6 Å². The Balaban J connectivity index is 1.46. The van der Waals surface area contributed by atoms with Gasteiger partial charge in [0.25, 0.3) is 0 Å². The lowest BCUT2D eigenvalue weighted by Gasteiger charge is -2.16. The van der Waals surface area contributed by atoms with Gasteiger partial charge in [-0.25, -0.2) is 13.2 Å². The molecule has 26 heavy (non-hydrogen) atoms. The normalized spacial score (nSPS) is 26.1. The smallest absolute Gasteiger partial charge is 0.315 e. The van der Waals surface area contributed by atoms with Gasteiger partial charge in [0.15, 0.2) is 9.84 Å². The molecule has 0 bridgehead atoms. The number of aryl methyl sites for hydroxylation is 1. The van der Waals surface area contributed by atoms with Gasteiger partial charge in [-0.3, -0.25) is 4.79 Å². The third-order valence-electron chi connectivity index (χ3n) is 4.93. The summed E-state index contributed by atoms with van der Waals surface area (Å²) in [6.45, 7) is 1.87. The summed E-state index contributed by atoms with van der Waals surface area (Å²) in [4.78, 5) is 23.4. The second-order valence-electron chi connectivity index (χ2n) is 6.87. The molecule has 0 saturated carbocycles. The van der Waals surface area contributed by atoms with E-state index in [2.05, 4.69) is 16.0 Å². The average Bonchev–Trinajstić information content (AvgIpc) is 2.99. The lowest BCUT2D eigenvalue weighted by molar-refractivity contribution is -0.116. The van der Waals surface area contributed by atoms with E-state index in [9.17, 15) is 18.0 Å². The van der Waals surface area contributed by atoms with Gasteiger partial charge >= 0.3 is 6.03 Å². The number of nitrogens with one attached hydrogen (secondary N) is 3. The fraction of sp³-hybridized carbons (Fsp3) is 0.529.